The first-order valence-electron chi connectivity index (χ1n) is 41.2. The minimum Gasteiger partial charge on any atom is -1.00 e. The van der Waals surface area contributed by atoms with Crippen LogP contribution >= 0.6 is 23.5 Å². The van der Waals surface area contributed by atoms with Crippen LogP contribution in [-0.4, -0.2) is 221 Å². The zero-order valence-electron chi connectivity index (χ0n) is 73.2. The summed E-state index contributed by atoms with van der Waals surface area (Å²) in [6.07, 6.45) is 2.97. The van der Waals surface area contributed by atoms with Gasteiger partial charge in [-0.05, 0) is 136 Å². The average molecular weight is 1740 g/mol. The summed E-state index contributed by atoms with van der Waals surface area (Å²) >= 11 is 2.92. The van der Waals surface area contributed by atoms with Gasteiger partial charge < -0.3 is 75.2 Å². The van der Waals surface area contributed by atoms with Crippen LogP contribution in [0.15, 0.2) is 109 Å². The average Bonchev–Trinajstić information content (AvgIpc) is 0.743. The second-order valence-electron chi connectivity index (χ2n) is 33.7. The Morgan fingerprint density at radius 3 is 1.08 bits per heavy atom. The number of nitrogens with zero attached hydrogens (tertiary/aromatic N) is 2. The number of hydrogen-bond donors (Lipinski definition) is 4. The smallest absolute Gasteiger partial charge is 0.312 e. The van der Waals surface area contributed by atoms with E-state index in [1.165, 1.54) is 84.5 Å². The Morgan fingerprint density at radius 1 is 0.424 bits per heavy atom. The van der Waals surface area contributed by atoms with Gasteiger partial charge >= 0.3 is 35.8 Å². The van der Waals surface area contributed by atoms with Crippen molar-refractivity contribution in [2.24, 2.45) is 40.4 Å². The number of ether oxygens (including phenoxy) is 6. The number of hydrogen-bond acceptors (Lipinski definition) is 20. The summed E-state index contributed by atoms with van der Waals surface area (Å²) in [5.74, 6) is 0.371. The third-order valence-corrected chi connectivity index (χ3v) is 23.6. The molecular weight excluding hydrogens is 1610 g/mol. The molecule has 0 aromatic heterocycles. The second-order valence-corrected chi connectivity index (χ2v) is 35.9. The van der Waals surface area contributed by atoms with Crippen molar-refractivity contribution < 1.29 is 113 Å². The molecule has 2 amide bonds. The van der Waals surface area contributed by atoms with Gasteiger partial charge in [-0.2, -0.15) is 23.5 Å². The highest BCUT2D eigenvalue weighted by molar-refractivity contribution is 7.99. The molecule has 22 nitrogen and oxygen atoms in total. The maximum Gasteiger partial charge on any atom is 0.312 e. The first-order valence-corrected chi connectivity index (χ1v) is 43.6. The third-order valence-electron chi connectivity index (χ3n) is 20.8. The Labute approximate surface area is 717 Å². The number of Topliss-reactive ketones (excluding diaryl/α,β-unsaturated/α-hetero) is 2. The van der Waals surface area contributed by atoms with Crippen molar-refractivity contribution in [3.63, 3.8) is 0 Å². The molecule has 6 atom stereocenters. The second kappa shape index (κ2) is 49.6. The van der Waals surface area contributed by atoms with Crippen molar-refractivity contribution >= 4 is 147 Å². The van der Waals surface area contributed by atoms with E-state index in [9.17, 15) is 58.2 Å². The zero-order valence-corrected chi connectivity index (χ0v) is 76.4. The summed E-state index contributed by atoms with van der Waals surface area (Å²) in [5.41, 5.74) is 0.358. The van der Waals surface area contributed by atoms with Gasteiger partial charge in [0.1, 0.15) is 51.7 Å². The molecule has 8 aromatic carbocycles. The van der Waals surface area contributed by atoms with Crippen LogP contribution in [0.3, 0.4) is 0 Å². The number of rotatable bonds is 44. The number of aliphatic hydroxyl groups is 2. The first-order chi connectivity index (χ1) is 55.2. The molecule has 6 unspecified atom stereocenters. The molecule has 0 heterocycles. The highest BCUT2D eigenvalue weighted by Crippen LogP contribution is 2.38. The largest absolute Gasteiger partial charge is 1.00 e. The highest BCUT2D eigenvalue weighted by Gasteiger charge is 2.32. The van der Waals surface area contributed by atoms with E-state index in [0.29, 0.717) is 77.6 Å². The minimum absolute atomic E-state index is 0. The van der Waals surface area contributed by atoms with Crippen molar-refractivity contribution in [2.75, 3.05) is 131 Å². The van der Waals surface area contributed by atoms with Gasteiger partial charge in [0, 0.05) is 71.9 Å². The number of thioether (sulfide) groups is 2. The quantitative estimate of drug-likeness (QED) is 0.00689. The minimum atomic E-state index is -1.04. The molecule has 0 aliphatic rings. The van der Waals surface area contributed by atoms with Crippen LogP contribution < -0.4 is 27.6 Å². The van der Waals surface area contributed by atoms with E-state index in [4.69, 9.17) is 28.4 Å². The number of carbonyl (C=O) groups excluding carboxylic acids is 10. The standard InChI is InChI=1S/2C28H32N2O2.C20H36O7S.C17H30O7S.BrH/c2*1-5-19(2)28(32)29-16-7-17-30(3,4)18-25(31)23-14-12-22-11-10-20-8-6-9-21-13-15-24(23)27(22)26(20)21;1-7-15(4)18(23)26-12-16(21)11-25-17(22)8-9-28-13-20(5,6)19(24)27-10-14(2)3;1-6-12(2)15(20)24-10-13(18)9-23-14(19)7-8-25-11-17(3,4)16(21)22-5;/h2*6,8-15,19H,5,7,16-18H2,1-4H3;14-16,21H,7-13H2,1-6H3;12-13,18H,6-11H2,1-5H3;1H/p+1. The van der Waals surface area contributed by atoms with Gasteiger partial charge in [0.05, 0.1) is 90.5 Å². The third kappa shape index (κ3) is 32.5. The molecular formula is C93H132BrN4O18S2+. The van der Waals surface area contributed by atoms with Crippen LogP contribution in [0.25, 0.3) is 64.6 Å². The van der Waals surface area contributed by atoms with E-state index in [2.05, 4.69) is 136 Å². The lowest BCUT2D eigenvalue weighted by Gasteiger charge is -2.29. The monoisotopic (exact) mass is 1740 g/mol. The maximum absolute atomic E-state index is 13.4. The number of carbonyl (C=O) groups is 10. The fourth-order valence-electron chi connectivity index (χ4n) is 12.6. The normalized spacial score (nSPS) is 13.3. The van der Waals surface area contributed by atoms with Crippen molar-refractivity contribution in [1.29, 1.82) is 0 Å². The van der Waals surface area contributed by atoms with Gasteiger partial charge in [-0.15, -0.1) is 0 Å². The predicted molar refractivity (Wildman–Crippen MR) is 471 cm³/mol. The lowest BCUT2D eigenvalue weighted by Crippen LogP contribution is -3.00. The number of likely N-dealkylation sites (N-methyl/N-ethyl adjacent to an activating group) is 2. The fraction of sp³-hybridized carbons (Fsp3) is 0.548. The van der Waals surface area contributed by atoms with Gasteiger partial charge in [0.25, 0.3) is 0 Å². The van der Waals surface area contributed by atoms with E-state index in [1.807, 2.05) is 81.4 Å². The molecule has 8 aromatic rings. The molecule has 25 heteroatoms. The Hall–Kier alpha value is -8.04. The molecule has 0 aliphatic heterocycles. The molecule has 0 saturated heterocycles. The Bertz CT molecular complexity index is 4330. The molecule has 4 N–H and O–H groups in total. The molecule has 8 rings (SSSR count). The van der Waals surface area contributed by atoms with Gasteiger partial charge in [0.2, 0.25) is 23.4 Å². The van der Waals surface area contributed by atoms with Crippen molar-refractivity contribution in [3.8, 4) is 0 Å². The number of ketones is 2. The van der Waals surface area contributed by atoms with E-state index in [1.54, 1.807) is 27.7 Å². The van der Waals surface area contributed by atoms with E-state index in [-0.39, 0.29) is 133 Å². The van der Waals surface area contributed by atoms with Gasteiger partial charge in [0.15, 0.2) is 0 Å². The lowest BCUT2D eigenvalue weighted by atomic mass is 9.91. The number of methoxy groups -OCH3 is 1. The molecule has 0 radical (unpaired) electrons. The zero-order chi connectivity index (χ0) is 87.0. The summed E-state index contributed by atoms with van der Waals surface area (Å²) in [7, 11) is 9.70. The SMILES string of the molecule is CCC(C)C(=O)NCCC[N+](C)(C)CC(=O)c1ccc2ccc3cccc4ccc1c2c34.CCC(C)C(=O)NCCC[N+](C)(C)CC(=O)c1ccc2ccc3cccc4ccc1c2c34.CCC(C)C(=O)OCC(O)COC(=O)CCSCC(C)(C)C(=O)OC.CCC(C)C(=O)OCC(O)COC(=O)CCSCC(C)(C)C(=O)OCC(C)C.[Br-]. The Balaban J connectivity index is 0.000000332. The number of nitrogens with one attached hydrogen (secondary N) is 2. The van der Waals surface area contributed by atoms with Crippen LogP contribution in [0.1, 0.15) is 169 Å². The Kier molecular flexibility index (Phi) is 43.0. The summed E-state index contributed by atoms with van der Waals surface area (Å²) in [6.45, 7) is 29.7. The van der Waals surface area contributed by atoms with Crippen LogP contribution in [0.2, 0.25) is 0 Å². The number of quaternary nitrogens is 2. The fourth-order valence-corrected chi connectivity index (χ4v) is 14.8. The predicted octanol–water partition coefficient (Wildman–Crippen LogP) is 12.4. The van der Waals surface area contributed by atoms with Crippen LogP contribution in [0.5, 0.6) is 0 Å². The van der Waals surface area contributed by atoms with Crippen LogP contribution in [0.4, 0.5) is 0 Å². The molecule has 0 fully saturated rings. The molecule has 0 saturated carbocycles. The van der Waals surface area contributed by atoms with Crippen LogP contribution in [-0.2, 0) is 66.8 Å². The topological polar surface area (TPSA) is 291 Å². The summed E-state index contributed by atoms with van der Waals surface area (Å²) < 4.78 is 31.0. The number of amides is 2. The lowest BCUT2D eigenvalue weighted by molar-refractivity contribution is -0.882. The number of esters is 6. The summed E-state index contributed by atoms with van der Waals surface area (Å²) in [6, 6.07) is 37.9. The molecule has 0 aliphatic carbocycles. The van der Waals surface area contributed by atoms with Gasteiger partial charge in [-0.25, -0.2) is 0 Å². The molecule has 118 heavy (non-hydrogen) atoms. The van der Waals surface area contributed by atoms with E-state index in [0.717, 1.165) is 60.7 Å². The number of benzene rings is 8. The number of aliphatic hydroxyl groups excluding tert-OH is 2. The van der Waals surface area contributed by atoms with E-state index < -0.39 is 35.0 Å². The van der Waals surface area contributed by atoms with Crippen molar-refractivity contribution in [3.05, 3.63) is 120 Å². The maximum atomic E-state index is 13.4. The van der Waals surface area contributed by atoms with Crippen molar-refractivity contribution in [1.82, 2.24) is 10.6 Å². The highest BCUT2D eigenvalue weighted by atomic mass is 79.9. The summed E-state index contributed by atoms with van der Waals surface area (Å²) in [5, 5.41) is 39.5. The van der Waals surface area contributed by atoms with Crippen LogP contribution in [0, 0.1) is 40.4 Å². The van der Waals surface area contributed by atoms with Crippen molar-refractivity contribution in [2.45, 2.75) is 161 Å². The van der Waals surface area contributed by atoms with Gasteiger partial charge in [-0.1, -0.05) is 166 Å². The first kappa shape index (κ1) is 102. The molecule has 0 spiro atoms. The van der Waals surface area contributed by atoms with E-state index >= 15 is 0 Å². The molecule has 650 valence electrons. The summed E-state index contributed by atoms with van der Waals surface area (Å²) in [4.78, 5) is 121. The molecule has 0 bridgehead atoms. The number of halogens is 1. The van der Waals surface area contributed by atoms with Gasteiger partial charge in [-0.3, -0.25) is 47.9 Å². The Morgan fingerprint density at radius 2 is 0.746 bits per heavy atom.